The van der Waals surface area contributed by atoms with E-state index in [4.69, 9.17) is 14.2 Å². The molecule has 3 atom stereocenters. The highest BCUT2D eigenvalue weighted by atomic mass is 79.9. The van der Waals surface area contributed by atoms with Crippen molar-refractivity contribution in [2.45, 2.75) is 278 Å². The highest BCUT2D eigenvalue weighted by Crippen LogP contribution is 2.45. The third-order valence-corrected chi connectivity index (χ3v) is 17.8. The summed E-state index contributed by atoms with van der Waals surface area (Å²) in [5, 5.41) is 1.10. The van der Waals surface area contributed by atoms with Crippen LogP contribution in [0.25, 0.3) is 16.5 Å². The summed E-state index contributed by atoms with van der Waals surface area (Å²) in [5.74, 6) is -0.950. The summed E-state index contributed by atoms with van der Waals surface area (Å²) in [6.45, 7) is 12.4. The molecule has 82 heavy (non-hydrogen) atoms. The van der Waals surface area contributed by atoms with Crippen LogP contribution >= 0.6 is 15.9 Å². The molecule has 1 aliphatic heterocycles. The number of carbonyl (C=O) groups excluding carboxylic acids is 5. The van der Waals surface area contributed by atoms with E-state index in [1.807, 2.05) is 42.4 Å². The number of esters is 3. The van der Waals surface area contributed by atoms with Crippen LogP contribution in [0.15, 0.2) is 53.2 Å². The number of likely N-dealkylation sites (N-methyl/N-ethyl adjacent to an activating group) is 1. The van der Waals surface area contributed by atoms with Crippen LogP contribution in [0.5, 0.6) is 0 Å². The molecule has 11 nitrogen and oxygen atoms in total. The van der Waals surface area contributed by atoms with Crippen molar-refractivity contribution in [1.82, 2.24) is 14.4 Å². The molecule has 4 rings (SSSR count). The van der Waals surface area contributed by atoms with Crippen molar-refractivity contribution in [1.29, 1.82) is 0 Å². The van der Waals surface area contributed by atoms with Gasteiger partial charge in [0.15, 0.2) is 6.10 Å². The first-order chi connectivity index (χ1) is 39.9. The number of hydrogen-bond donors (Lipinski definition) is 0. The molecule has 1 aromatic carbocycles. The van der Waals surface area contributed by atoms with Crippen molar-refractivity contribution in [2.75, 3.05) is 39.9 Å². The maximum atomic E-state index is 14.0. The standard InChI is InChI=1S/C70H112BrN3O8/c1-7-11-13-15-17-19-21-23-25-27-29-31-33-35-41-48-65(76)80-54-58(55-81-66(77)49-42-36-34-32-30-28-26-24-22-20-18-16-14-12-8-2)82-67(78)50-56(5)44-39-37-38-40-47-64(75)74-62-46-43-45-59-60-51-57(70(79)73(9-3)10-4)53-72(6)63(60)52-61(68(59)62)69(74)71/h23-26,43,45-46,51,56-58,63H,7-22,27-42,44,47-50,52-55H2,1-6H3/b25-23-,26-24-/t56?,57-,63?/m1/s1. The minimum Gasteiger partial charge on any atom is -0.462 e. The number of benzene rings is 1. The van der Waals surface area contributed by atoms with Crippen molar-refractivity contribution in [3.8, 4) is 0 Å². The summed E-state index contributed by atoms with van der Waals surface area (Å²) in [4.78, 5) is 70.7. The number of carbonyl (C=O) groups is 5. The van der Waals surface area contributed by atoms with Gasteiger partial charge in [0.2, 0.25) is 11.8 Å². The predicted octanol–water partition coefficient (Wildman–Crippen LogP) is 18.2. The van der Waals surface area contributed by atoms with Crippen molar-refractivity contribution in [3.63, 3.8) is 0 Å². The van der Waals surface area contributed by atoms with Crippen LogP contribution in [0.1, 0.15) is 275 Å². The summed E-state index contributed by atoms with van der Waals surface area (Å²) < 4.78 is 19.8. The first-order valence-corrected chi connectivity index (χ1v) is 34.1. The molecule has 2 unspecified atom stereocenters. The molecule has 0 spiro atoms. The Labute approximate surface area is 506 Å². The van der Waals surface area contributed by atoms with Gasteiger partial charge in [0.1, 0.15) is 13.2 Å². The molecule has 0 N–H and O–H groups in total. The quantitative estimate of drug-likeness (QED) is 0.0276. The molecule has 0 saturated carbocycles. The van der Waals surface area contributed by atoms with Gasteiger partial charge in [-0.25, -0.2) is 0 Å². The lowest BCUT2D eigenvalue weighted by Crippen LogP contribution is -2.47. The van der Waals surface area contributed by atoms with Gasteiger partial charge >= 0.3 is 17.9 Å². The van der Waals surface area contributed by atoms with E-state index in [-0.39, 0.29) is 61.3 Å². The van der Waals surface area contributed by atoms with E-state index in [0.29, 0.717) is 38.9 Å². The predicted molar refractivity (Wildman–Crippen MR) is 342 cm³/mol. The molecule has 462 valence electrons. The summed E-state index contributed by atoms with van der Waals surface area (Å²) in [6.07, 6.45) is 47.8. The fourth-order valence-electron chi connectivity index (χ4n) is 11.9. The number of halogens is 1. The van der Waals surface area contributed by atoms with Crippen LogP contribution in [0.3, 0.4) is 0 Å². The molecule has 1 aromatic heterocycles. The van der Waals surface area contributed by atoms with E-state index < -0.39 is 12.1 Å². The largest absolute Gasteiger partial charge is 0.462 e. The van der Waals surface area contributed by atoms with Crippen molar-refractivity contribution in [2.24, 2.45) is 11.8 Å². The van der Waals surface area contributed by atoms with Crippen molar-refractivity contribution >= 4 is 62.1 Å². The second-order valence-corrected chi connectivity index (χ2v) is 24.8. The Kier molecular flexibility index (Phi) is 36.7. The first kappa shape index (κ1) is 70.5. The van der Waals surface area contributed by atoms with E-state index in [0.717, 1.165) is 129 Å². The van der Waals surface area contributed by atoms with Gasteiger partial charge in [-0.2, -0.15) is 0 Å². The highest BCUT2D eigenvalue weighted by molar-refractivity contribution is 9.10. The van der Waals surface area contributed by atoms with Gasteiger partial charge in [-0.05, 0) is 143 Å². The van der Waals surface area contributed by atoms with Gasteiger partial charge in [-0.15, -0.1) is 0 Å². The topological polar surface area (TPSA) is 124 Å². The average molecular weight is 1200 g/mol. The van der Waals surface area contributed by atoms with Gasteiger partial charge in [0, 0.05) is 56.7 Å². The SMILES string of the molecule is CCCCCCCC/C=C\CCCCCCCC(=O)OCC(COC(=O)CCCCCCC/C=C\CCCCCCCC)OC(=O)CC(C)CCCCCCC(=O)n1c(Br)c2c3c(cccc31)C1=C[C@@H](C(=O)N(CC)CC)CN(C)C1C2. The first-order valence-electron chi connectivity index (χ1n) is 33.3. The molecule has 2 aromatic rings. The summed E-state index contributed by atoms with van der Waals surface area (Å²) >= 11 is 3.87. The number of amides is 1. The molecule has 0 saturated heterocycles. The van der Waals surface area contributed by atoms with E-state index in [2.05, 4.69) is 78.2 Å². The molecular weight excluding hydrogens is 1090 g/mol. The van der Waals surface area contributed by atoms with Gasteiger partial charge in [0.25, 0.3) is 0 Å². The minimum absolute atomic E-state index is 0.0647. The van der Waals surface area contributed by atoms with E-state index in [1.165, 1.54) is 108 Å². The molecule has 1 amide bonds. The second-order valence-electron chi connectivity index (χ2n) is 24.0. The van der Waals surface area contributed by atoms with Crippen molar-refractivity contribution in [3.05, 3.63) is 64.3 Å². The molecule has 2 aliphatic rings. The zero-order chi connectivity index (χ0) is 59.2. The highest BCUT2D eigenvalue weighted by Gasteiger charge is 2.38. The van der Waals surface area contributed by atoms with Gasteiger partial charge < -0.3 is 19.1 Å². The summed E-state index contributed by atoms with van der Waals surface area (Å²) in [5.41, 5.74) is 4.34. The molecule has 12 heteroatoms. The maximum Gasteiger partial charge on any atom is 0.306 e. The minimum atomic E-state index is -0.866. The number of allylic oxidation sites excluding steroid dienone is 4. The lowest BCUT2D eigenvalue weighted by Gasteiger charge is -2.40. The number of ether oxygens (including phenoxy) is 3. The molecule has 0 fully saturated rings. The number of rotatable bonds is 47. The monoisotopic (exact) mass is 1200 g/mol. The van der Waals surface area contributed by atoms with Gasteiger partial charge in [-0.3, -0.25) is 33.4 Å². The number of unbranched alkanes of at least 4 members (excludes halogenated alkanes) is 25. The van der Waals surface area contributed by atoms with E-state index in [9.17, 15) is 24.0 Å². The van der Waals surface area contributed by atoms with Gasteiger partial charge in [0.05, 0.1) is 16.0 Å². The molecule has 0 bridgehead atoms. The lowest BCUT2D eigenvalue weighted by molar-refractivity contribution is -0.167. The normalized spacial score (nSPS) is 15.6. The summed E-state index contributed by atoms with van der Waals surface area (Å²) in [7, 11) is 2.11. The number of nitrogens with zero attached hydrogens (tertiary/aromatic N) is 3. The second kappa shape index (κ2) is 42.7. The third kappa shape index (κ3) is 26.5. The summed E-state index contributed by atoms with van der Waals surface area (Å²) in [6, 6.07) is 6.34. The Balaban J connectivity index is 1.17. The van der Waals surface area contributed by atoms with Crippen LogP contribution in [-0.4, -0.2) is 96.1 Å². The third-order valence-electron chi connectivity index (χ3n) is 16.9. The van der Waals surface area contributed by atoms with Crippen molar-refractivity contribution < 1.29 is 38.2 Å². The van der Waals surface area contributed by atoms with Crippen LogP contribution in [0, 0.1) is 11.8 Å². The number of aromatic nitrogens is 1. The van der Waals surface area contributed by atoms with Crippen LogP contribution in [0.4, 0.5) is 0 Å². The Bertz CT molecular complexity index is 2190. The lowest BCUT2D eigenvalue weighted by atomic mass is 9.79. The Morgan fingerprint density at radius 2 is 1.10 bits per heavy atom. The maximum absolute atomic E-state index is 14.0. The van der Waals surface area contributed by atoms with E-state index in [1.54, 1.807) is 0 Å². The Hall–Kier alpha value is -4.03. The van der Waals surface area contributed by atoms with Crippen LogP contribution in [-0.2, 0) is 39.8 Å². The number of fused-ring (bicyclic) bond motifs is 2. The molecular formula is C70H112BrN3O8. The molecule has 0 radical (unpaired) electrons. The fourth-order valence-corrected chi connectivity index (χ4v) is 12.7. The molecule has 1 aliphatic carbocycles. The van der Waals surface area contributed by atoms with Crippen LogP contribution < -0.4 is 0 Å². The Morgan fingerprint density at radius 3 is 1.61 bits per heavy atom. The average Bonchev–Trinajstić information content (AvgIpc) is 3.96. The zero-order valence-corrected chi connectivity index (χ0v) is 54.0. The smallest absolute Gasteiger partial charge is 0.306 e. The van der Waals surface area contributed by atoms with Gasteiger partial charge in [-0.1, -0.05) is 192 Å². The van der Waals surface area contributed by atoms with E-state index >= 15 is 0 Å². The molecule has 2 heterocycles. The fraction of sp³-hybridized carbons (Fsp3) is 0.729. The Morgan fingerprint density at radius 1 is 0.622 bits per heavy atom. The zero-order valence-electron chi connectivity index (χ0n) is 52.4. The van der Waals surface area contributed by atoms with Crippen LogP contribution in [0.2, 0.25) is 0 Å². The number of hydrogen-bond acceptors (Lipinski definition) is 9.